The zero-order chi connectivity index (χ0) is 24.6. The molecule has 0 unspecified atom stereocenters. The third-order valence-electron chi connectivity index (χ3n) is 10.7. The molecule has 2 amide bonds. The number of piperazine rings is 1. The molecule has 3 spiro atoms. The van der Waals surface area contributed by atoms with Gasteiger partial charge in [0.15, 0.2) is 11.5 Å². The molecule has 7 nitrogen and oxygen atoms in total. The number of ether oxygens (including phenoxy) is 2. The van der Waals surface area contributed by atoms with Gasteiger partial charge in [-0.1, -0.05) is 19.9 Å². The van der Waals surface area contributed by atoms with Crippen molar-refractivity contribution in [2.45, 2.75) is 81.9 Å². The molecule has 0 radical (unpaired) electrons. The van der Waals surface area contributed by atoms with Crippen molar-refractivity contribution in [3.8, 4) is 11.5 Å². The molecule has 5 fully saturated rings. The van der Waals surface area contributed by atoms with E-state index in [1.807, 2.05) is 33.0 Å². The number of hydrogen-bond donors (Lipinski definition) is 1. The van der Waals surface area contributed by atoms with Crippen LogP contribution >= 0.6 is 0 Å². The summed E-state index contributed by atoms with van der Waals surface area (Å²) in [4.78, 5) is 32.5. The molecule has 8 rings (SSSR count). The second-order valence-corrected chi connectivity index (χ2v) is 12.8. The van der Waals surface area contributed by atoms with Crippen LogP contribution in [0.15, 0.2) is 24.5 Å². The number of carbonyl (C=O) groups excluding carboxylic acids is 2. The lowest BCUT2D eigenvalue weighted by Gasteiger charge is -2.67. The lowest BCUT2D eigenvalue weighted by molar-refractivity contribution is -0.196. The molecule has 186 valence electrons. The lowest BCUT2D eigenvalue weighted by atomic mass is 9.58. The average Bonchev–Trinajstić information content (AvgIpc) is 3.12. The molecule has 4 atom stereocenters. The Bertz CT molecular complexity index is 1220. The number of likely N-dealkylation sites (N-methyl/N-ethyl adjacent to an activating group) is 1. The Balaban J connectivity index is 1.41. The molecule has 1 aliphatic carbocycles. The van der Waals surface area contributed by atoms with Gasteiger partial charge in [0.05, 0.1) is 22.9 Å². The van der Waals surface area contributed by atoms with Crippen LogP contribution in [0.4, 0.5) is 5.69 Å². The molecule has 1 N–H and O–H groups in total. The van der Waals surface area contributed by atoms with Gasteiger partial charge in [-0.15, -0.1) is 0 Å². The van der Waals surface area contributed by atoms with Gasteiger partial charge in [-0.2, -0.15) is 0 Å². The Morgan fingerprint density at radius 2 is 1.91 bits per heavy atom. The molecule has 0 aromatic heterocycles. The molecule has 7 heteroatoms. The van der Waals surface area contributed by atoms with E-state index in [1.165, 1.54) is 0 Å². The number of fused-ring (bicyclic) bond motifs is 5. The summed E-state index contributed by atoms with van der Waals surface area (Å²) in [5.74, 6) is 1.72. The van der Waals surface area contributed by atoms with Crippen LogP contribution in [0.25, 0.3) is 0 Å². The zero-order valence-corrected chi connectivity index (χ0v) is 21.4. The topological polar surface area (TPSA) is 71.1 Å². The third kappa shape index (κ3) is 2.28. The maximum Gasteiger partial charge on any atom is 0.243 e. The minimum absolute atomic E-state index is 0.0190. The van der Waals surface area contributed by atoms with Crippen LogP contribution in [0, 0.1) is 11.3 Å². The maximum atomic E-state index is 14.1. The number of hydrogen-bond acceptors (Lipinski definition) is 5. The fraction of sp³-hybridized carbons (Fsp3) is 0.643. The monoisotopic (exact) mass is 478 g/mol. The van der Waals surface area contributed by atoms with Gasteiger partial charge in [0.1, 0.15) is 11.1 Å². The third-order valence-corrected chi connectivity index (χ3v) is 10.7. The number of rotatable bonds is 0. The minimum atomic E-state index is -0.744. The van der Waals surface area contributed by atoms with Crippen LogP contribution in [-0.4, -0.2) is 58.4 Å². The van der Waals surface area contributed by atoms with Crippen molar-refractivity contribution in [2.24, 2.45) is 11.3 Å². The number of piperidine rings is 3. The van der Waals surface area contributed by atoms with Gasteiger partial charge < -0.3 is 19.7 Å². The van der Waals surface area contributed by atoms with Crippen molar-refractivity contribution in [1.82, 2.24) is 9.80 Å². The van der Waals surface area contributed by atoms with Crippen molar-refractivity contribution < 1.29 is 19.1 Å². The summed E-state index contributed by atoms with van der Waals surface area (Å²) in [6.07, 6.45) is 8.18. The van der Waals surface area contributed by atoms with E-state index in [0.29, 0.717) is 17.9 Å². The van der Waals surface area contributed by atoms with Crippen LogP contribution in [-0.2, 0) is 15.0 Å². The molecule has 7 aliphatic rings. The molecule has 35 heavy (non-hydrogen) atoms. The van der Waals surface area contributed by atoms with Gasteiger partial charge in [0.25, 0.3) is 0 Å². The van der Waals surface area contributed by atoms with Crippen molar-refractivity contribution in [3.05, 3.63) is 30.0 Å². The van der Waals surface area contributed by atoms with E-state index in [0.717, 1.165) is 50.0 Å². The molecular formula is C28H35N3O4. The predicted molar refractivity (Wildman–Crippen MR) is 131 cm³/mol. The van der Waals surface area contributed by atoms with Gasteiger partial charge in [-0.25, -0.2) is 0 Å². The van der Waals surface area contributed by atoms with Crippen LogP contribution in [0.1, 0.15) is 65.4 Å². The van der Waals surface area contributed by atoms with Crippen molar-refractivity contribution in [1.29, 1.82) is 0 Å². The molecule has 1 aromatic carbocycles. The van der Waals surface area contributed by atoms with Gasteiger partial charge >= 0.3 is 0 Å². The average molecular weight is 479 g/mol. The van der Waals surface area contributed by atoms with Crippen molar-refractivity contribution in [3.63, 3.8) is 0 Å². The number of carbonyl (C=O) groups is 2. The predicted octanol–water partition coefficient (Wildman–Crippen LogP) is 3.83. The SMILES string of the molecule is CN1[13C](=O)[C@@]23CCCCN2C[C@@]12C[C@]1(C(=O)Nc4c1ccc1c4OC=CC(C)(C)O1)C(C)(C)[C@@H]2C3. The first-order valence-electron chi connectivity index (χ1n) is 13.0. The lowest BCUT2D eigenvalue weighted by Crippen LogP contribution is -2.80. The first kappa shape index (κ1) is 21.7. The number of nitrogens with zero attached hydrogens (tertiary/aromatic N) is 2. The Labute approximate surface area is 206 Å². The largest absolute Gasteiger partial charge is 0.480 e. The maximum absolute atomic E-state index is 14.1. The summed E-state index contributed by atoms with van der Waals surface area (Å²) in [7, 11) is 1.99. The molecule has 4 saturated heterocycles. The summed E-state index contributed by atoms with van der Waals surface area (Å²) in [6.45, 7) is 10.3. The van der Waals surface area contributed by atoms with Gasteiger partial charge in [0.2, 0.25) is 11.8 Å². The number of nitrogens with one attached hydrogen (secondary N) is 1. The quantitative estimate of drug-likeness (QED) is 0.574. The number of anilines is 1. The molecule has 6 heterocycles. The van der Waals surface area contributed by atoms with Crippen LogP contribution < -0.4 is 14.8 Å². The Hall–Kier alpha value is -2.54. The van der Waals surface area contributed by atoms with Crippen molar-refractivity contribution >= 4 is 17.5 Å². The first-order chi connectivity index (χ1) is 16.5. The van der Waals surface area contributed by atoms with E-state index in [4.69, 9.17) is 9.47 Å². The van der Waals surface area contributed by atoms with E-state index >= 15 is 0 Å². The number of amides is 2. The first-order valence-corrected chi connectivity index (χ1v) is 13.0. The van der Waals surface area contributed by atoms with Crippen LogP contribution in [0.5, 0.6) is 11.5 Å². The molecule has 1 saturated carbocycles. The highest BCUT2D eigenvalue weighted by Crippen LogP contribution is 2.72. The molecule has 2 bridgehead atoms. The van der Waals surface area contributed by atoms with Crippen LogP contribution in [0.3, 0.4) is 0 Å². The highest BCUT2D eigenvalue weighted by Gasteiger charge is 2.79. The molecule has 1 aromatic rings. The minimum Gasteiger partial charge on any atom is -0.480 e. The zero-order valence-electron chi connectivity index (χ0n) is 21.4. The highest BCUT2D eigenvalue weighted by atomic mass is 16.5. The Morgan fingerprint density at radius 3 is 2.71 bits per heavy atom. The smallest absolute Gasteiger partial charge is 0.243 e. The van der Waals surface area contributed by atoms with Gasteiger partial charge in [-0.3, -0.25) is 14.5 Å². The second-order valence-electron chi connectivity index (χ2n) is 12.8. The van der Waals surface area contributed by atoms with E-state index in [1.54, 1.807) is 6.26 Å². The Kier molecular flexibility index (Phi) is 3.86. The molecule has 6 aliphatic heterocycles. The van der Waals surface area contributed by atoms with Crippen molar-refractivity contribution in [2.75, 3.05) is 25.5 Å². The molecular weight excluding hydrogens is 443 g/mol. The summed E-state index contributed by atoms with van der Waals surface area (Å²) < 4.78 is 12.3. The van der Waals surface area contributed by atoms with Gasteiger partial charge in [-0.05, 0) is 81.5 Å². The second kappa shape index (κ2) is 6.23. The van der Waals surface area contributed by atoms with E-state index < -0.39 is 16.6 Å². The number of benzene rings is 1. The Morgan fingerprint density at radius 1 is 1.11 bits per heavy atom. The summed E-state index contributed by atoms with van der Waals surface area (Å²) in [5, 5.41) is 3.23. The van der Waals surface area contributed by atoms with Crippen LogP contribution in [0.2, 0.25) is 0 Å². The van der Waals surface area contributed by atoms with E-state index in [-0.39, 0.29) is 28.7 Å². The highest BCUT2D eigenvalue weighted by molar-refractivity contribution is 6.09. The summed E-state index contributed by atoms with van der Waals surface area (Å²) in [5.41, 5.74) is -0.657. The van der Waals surface area contributed by atoms with Gasteiger partial charge in [0, 0.05) is 13.6 Å². The summed E-state index contributed by atoms with van der Waals surface area (Å²) in [6, 6.07) is 4.02. The fourth-order valence-electron chi connectivity index (χ4n) is 8.90. The fourth-order valence-corrected chi connectivity index (χ4v) is 8.90. The van der Waals surface area contributed by atoms with E-state index in [9.17, 15) is 9.59 Å². The standard InChI is InChI=1S/C28H35N3O4/c1-24(2)11-13-34-21-18(35-24)9-8-17-20(21)29-22(32)28(17)15-27-16-31-12-7-6-10-26(31,23(33)30(27)5)14-19(27)25(28,3)4/h8-9,11,13,19H,6-7,10,12,14-16H2,1-5H3,(H,29,32)/t19-,26-,27+,28-/m0/s1/i23+1. The van der Waals surface area contributed by atoms with E-state index in [2.05, 4.69) is 35.0 Å². The summed E-state index contributed by atoms with van der Waals surface area (Å²) >= 11 is 0. The normalized spacial score (nSPS) is 39.8.